The molecular formula is C28H43NO5S. The second-order valence-electron chi connectivity index (χ2n) is 9.86. The number of esters is 2. The maximum Gasteiger partial charge on any atom is 0.323 e. The molecule has 1 aromatic rings. The Morgan fingerprint density at radius 2 is 1.60 bits per heavy atom. The van der Waals surface area contributed by atoms with Gasteiger partial charge in [-0.25, -0.2) is 0 Å². The molecule has 1 unspecified atom stereocenters. The highest BCUT2D eigenvalue weighted by Crippen LogP contribution is 2.36. The van der Waals surface area contributed by atoms with Crippen molar-refractivity contribution in [3.8, 4) is 0 Å². The van der Waals surface area contributed by atoms with Crippen LogP contribution in [-0.2, 0) is 23.9 Å². The van der Waals surface area contributed by atoms with Crippen molar-refractivity contribution in [2.75, 3.05) is 0 Å². The quantitative estimate of drug-likeness (QED) is 0.148. The highest BCUT2D eigenvalue weighted by Gasteiger charge is 2.45. The van der Waals surface area contributed by atoms with Gasteiger partial charge < -0.3 is 15.2 Å². The highest BCUT2D eigenvalue weighted by atomic mass is 32.2. The minimum absolute atomic E-state index is 0.240. The van der Waals surface area contributed by atoms with Gasteiger partial charge in [0.2, 0.25) is 5.91 Å². The normalized spacial score (nSPS) is 19.0. The monoisotopic (exact) mass is 505 g/mol. The number of carbonyl (C=O) groups is 3. The van der Waals surface area contributed by atoms with E-state index < -0.39 is 23.9 Å². The molecule has 1 aromatic carbocycles. The number of benzene rings is 1. The van der Waals surface area contributed by atoms with Crippen LogP contribution in [0.2, 0.25) is 0 Å². The van der Waals surface area contributed by atoms with Crippen LogP contribution in [0.4, 0.5) is 0 Å². The van der Waals surface area contributed by atoms with Crippen molar-refractivity contribution in [2.24, 2.45) is 17.6 Å². The van der Waals surface area contributed by atoms with Crippen LogP contribution in [0.25, 0.3) is 0 Å². The molecule has 1 amide bonds. The fraction of sp³-hybridized carbons (Fsp3) is 0.679. The molecule has 0 aromatic heterocycles. The first-order valence-corrected chi connectivity index (χ1v) is 14.1. The zero-order chi connectivity index (χ0) is 25.6. The predicted octanol–water partition coefficient (Wildman–Crippen LogP) is 6.05. The molecule has 2 N–H and O–H groups in total. The molecule has 7 heteroatoms. The Kier molecular flexibility index (Phi) is 13.2. The van der Waals surface area contributed by atoms with Crippen molar-refractivity contribution in [3.05, 3.63) is 30.3 Å². The molecule has 35 heavy (non-hydrogen) atoms. The first-order chi connectivity index (χ1) is 16.8. The molecule has 4 atom stereocenters. The van der Waals surface area contributed by atoms with Crippen molar-refractivity contribution in [1.82, 2.24) is 0 Å². The van der Waals surface area contributed by atoms with E-state index in [0.717, 1.165) is 24.2 Å². The maximum atomic E-state index is 12.8. The zero-order valence-corrected chi connectivity index (χ0v) is 22.4. The van der Waals surface area contributed by atoms with Crippen molar-refractivity contribution in [1.29, 1.82) is 0 Å². The van der Waals surface area contributed by atoms with Gasteiger partial charge in [-0.3, -0.25) is 14.4 Å². The van der Waals surface area contributed by atoms with Crippen LogP contribution in [0.5, 0.6) is 0 Å². The molecule has 1 aliphatic rings. The average Bonchev–Trinajstić information content (AvgIpc) is 2.81. The van der Waals surface area contributed by atoms with Gasteiger partial charge in [-0.1, -0.05) is 90.3 Å². The fourth-order valence-electron chi connectivity index (χ4n) is 4.42. The molecule has 196 valence electrons. The Bertz CT molecular complexity index is 785. The summed E-state index contributed by atoms with van der Waals surface area (Å²) in [7, 11) is 0. The molecule has 1 saturated heterocycles. The lowest BCUT2D eigenvalue weighted by molar-refractivity contribution is -0.173. The second-order valence-corrected chi connectivity index (χ2v) is 11.1. The van der Waals surface area contributed by atoms with Gasteiger partial charge in [0.25, 0.3) is 0 Å². The number of nitrogens with two attached hydrogens (primary N) is 1. The van der Waals surface area contributed by atoms with Crippen molar-refractivity contribution < 1.29 is 23.9 Å². The first kappa shape index (κ1) is 29.2. The lowest BCUT2D eigenvalue weighted by atomic mass is 9.94. The van der Waals surface area contributed by atoms with E-state index in [1.54, 1.807) is 13.8 Å². The first-order valence-electron chi connectivity index (χ1n) is 13.3. The molecule has 1 fully saturated rings. The van der Waals surface area contributed by atoms with Crippen LogP contribution in [0.3, 0.4) is 0 Å². The predicted molar refractivity (Wildman–Crippen MR) is 140 cm³/mol. The summed E-state index contributed by atoms with van der Waals surface area (Å²) in [6.07, 6.45) is 11.2. The van der Waals surface area contributed by atoms with Gasteiger partial charge in [0.15, 0.2) is 0 Å². The summed E-state index contributed by atoms with van der Waals surface area (Å²) in [6.45, 7) is 5.79. The van der Waals surface area contributed by atoms with Crippen LogP contribution in [0, 0.1) is 11.8 Å². The number of primary amides is 1. The van der Waals surface area contributed by atoms with Crippen LogP contribution in [0.1, 0.15) is 91.4 Å². The number of cyclic esters (lactones) is 1. The second kappa shape index (κ2) is 15.9. The summed E-state index contributed by atoms with van der Waals surface area (Å²) >= 11 is 1.48. The number of rotatable bonds is 18. The van der Waals surface area contributed by atoms with E-state index >= 15 is 0 Å². The van der Waals surface area contributed by atoms with Crippen LogP contribution >= 0.6 is 11.8 Å². The van der Waals surface area contributed by atoms with Crippen LogP contribution in [-0.4, -0.2) is 35.3 Å². The number of thioether (sulfide) groups is 1. The maximum absolute atomic E-state index is 12.8. The van der Waals surface area contributed by atoms with Gasteiger partial charge in [-0.15, -0.1) is 11.8 Å². The largest absolute Gasteiger partial charge is 0.462 e. The minimum Gasteiger partial charge on any atom is -0.462 e. The van der Waals surface area contributed by atoms with E-state index in [0.29, 0.717) is 12.8 Å². The molecule has 1 heterocycles. The van der Waals surface area contributed by atoms with Gasteiger partial charge in [0.1, 0.15) is 23.4 Å². The standard InChI is InChI=1S/C28H43NO5S/c1-4-5-6-7-8-9-10-11-13-16-21(33-27(31)24(20(2)3)26(29)30)19-23-25(28(32)34-23)35-22-17-14-12-15-18-22/h12,14-15,17-18,20-21,23-25H,4-11,13,16,19H2,1-3H3,(H2,29,30)/t21-,23-,24?,25-/m0/s1. The van der Waals surface area contributed by atoms with E-state index in [2.05, 4.69) is 6.92 Å². The molecule has 0 aliphatic carbocycles. The Labute approximate surface area is 215 Å². The van der Waals surface area contributed by atoms with Gasteiger partial charge in [0, 0.05) is 11.3 Å². The zero-order valence-electron chi connectivity index (χ0n) is 21.6. The molecule has 0 saturated carbocycles. The lowest BCUT2D eigenvalue weighted by Gasteiger charge is -2.36. The summed E-state index contributed by atoms with van der Waals surface area (Å²) in [5.41, 5.74) is 5.47. The Balaban J connectivity index is 1.90. The van der Waals surface area contributed by atoms with Crippen molar-refractivity contribution in [2.45, 2.75) is 114 Å². The summed E-state index contributed by atoms with van der Waals surface area (Å²) in [4.78, 5) is 37.8. The fourth-order valence-corrected chi connectivity index (χ4v) is 5.50. The summed E-state index contributed by atoms with van der Waals surface area (Å²) in [5.74, 6) is -2.70. The van der Waals surface area contributed by atoms with Crippen LogP contribution in [0.15, 0.2) is 35.2 Å². The summed E-state index contributed by atoms with van der Waals surface area (Å²) in [5, 5.41) is -0.321. The highest BCUT2D eigenvalue weighted by molar-refractivity contribution is 8.00. The number of carbonyl (C=O) groups excluding carboxylic acids is 3. The number of amides is 1. The summed E-state index contributed by atoms with van der Waals surface area (Å²) < 4.78 is 11.2. The minimum atomic E-state index is -0.973. The Hall–Kier alpha value is -2.02. The van der Waals surface area contributed by atoms with Crippen molar-refractivity contribution >= 4 is 29.6 Å². The average molecular weight is 506 g/mol. The van der Waals surface area contributed by atoms with Gasteiger partial charge in [-0.2, -0.15) is 0 Å². The molecule has 0 bridgehead atoms. The van der Waals surface area contributed by atoms with Gasteiger partial charge in [-0.05, 0) is 30.9 Å². The topological polar surface area (TPSA) is 95.7 Å². The molecule has 1 aliphatic heterocycles. The van der Waals surface area contributed by atoms with E-state index in [9.17, 15) is 14.4 Å². The summed E-state index contributed by atoms with van der Waals surface area (Å²) in [6, 6.07) is 9.74. The SMILES string of the molecule is CCCCCCCCCCC[C@@H](C[C@@H]1OC(=O)[C@H]1Sc1ccccc1)OC(=O)C(C(N)=O)C(C)C. The number of hydrogen-bond donors (Lipinski definition) is 1. The lowest BCUT2D eigenvalue weighted by Crippen LogP contribution is -2.50. The van der Waals surface area contributed by atoms with Crippen LogP contribution < -0.4 is 5.73 Å². The van der Waals surface area contributed by atoms with E-state index in [-0.39, 0.29) is 23.2 Å². The third-order valence-electron chi connectivity index (χ3n) is 6.48. The third-order valence-corrected chi connectivity index (χ3v) is 7.77. The smallest absolute Gasteiger partial charge is 0.323 e. The molecule has 6 nitrogen and oxygen atoms in total. The Morgan fingerprint density at radius 1 is 1.00 bits per heavy atom. The number of ether oxygens (including phenoxy) is 2. The molecule has 0 spiro atoms. The molecule has 2 rings (SSSR count). The van der Waals surface area contributed by atoms with Gasteiger partial charge in [0.05, 0.1) is 0 Å². The molecular weight excluding hydrogens is 462 g/mol. The van der Waals surface area contributed by atoms with Crippen molar-refractivity contribution in [3.63, 3.8) is 0 Å². The van der Waals surface area contributed by atoms with E-state index in [4.69, 9.17) is 15.2 Å². The number of hydrogen-bond acceptors (Lipinski definition) is 6. The van der Waals surface area contributed by atoms with E-state index in [1.807, 2.05) is 30.3 Å². The van der Waals surface area contributed by atoms with E-state index in [1.165, 1.54) is 50.3 Å². The number of unbranched alkanes of at least 4 members (excludes halogenated alkanes) is 8. The molecule has 0 radical (unpaired) electrons. The Morgan fingerprint density at radius 3 is 2.14 bits per heavy atom. The third kappa shape index (κ3) is 10.2. The van der Waals surface area contributed by atoms with Gasteiger partial charge >= 0.3 is 11.9 Å².